The van der Waals surface area contributed by atoms with E-state index in [-0.39, 0.29) is 0 Å². The first-order valence-corrected chi connectivity index (χ1v) is 7.13. The number of ether oxygens (including phenoxy) is 1. The summed E-state index contributed by atoms with van der Waals surface area (Å²) in [6.07, 6.45) is 0. The van der Waals surface area contributed by atoms with E-state index >= 15 is 0 Å². The standard InChI is InChI=1S/C13H16ClN3OS/c1-7(2)9-5-12(8(3)4-10(9)14)18-6-11-13(15)19-17-16-11/h4-5,7H,6,15H2,1-3H3. The number of rotatable bonds is 4. The third-order valence-corrected chi connectivity index (χ3v) is 3.79. The van der Waals surface area contributed by atoms with Gasteiger partial charge in [0, 0.05) is 16.6 Å². The summed E-state index contributed by atoms with van der Waals surface area (Å²) in [7, 11) is 0. The van der Waals surface area contributed by atoms with Crippen LogP contribution in [0.1, 0.15) is 36.6 Å². The van der Waals surface area contributed by atoms with E-state index in [9.17, 15) is 0 Å². The molecule has 6 heteroatoms. The van der Waals surface area contributed by atoms with Gasteiger partial charge >= 0.3 is 0 Å². The summed E-state index contributed by atoms with van der Waals surface area (Å²) in [6.45, 7) is 6.49. The third kappa shape index (κ3) is 3.16. The van der Waals surface area contributed by atoms with Crippen LogP contribution >= 0.6 is 23.1 Å². The van der Waals surface area contributed by atoms with Crippen LogP contribution in [0.2, 0.25) is 5.02 Å². The predicted octanol–water partition coefficient (Wildman–Crippen LogP) is 3.78. The van der Waals surface area contributed by atoms with Crippen LogP contribution in [-0.2, 0) is 6.61 Å². The highest BCUT2D eigenvalue weighted by atomic mass is 35.5. The number of aryl methyl sites for hydroxylation is 1. The predicted molar refractivity (Wildman–Crippen MR) is 78.9 cm³/mol. The fraction of sp³-hybridized carbons (Fsp3) is 0.385. The zero-order chi connectivity index (χ0) is 14.0. The Morgan fingerprint density at radius 3 is 2.74 bits per heavy atom. The first-order valence-electron chi connectivity index (χ1n) is 5.98. The molecular weight excluding hydrogens is 282 g/mol. The van der Waals surface area contributed by atoms with Gasteiger partial charge in [-0.05, 0) is 36.1 Å². The van der Waals surface area contributed by atoms with Gasteiger partial charge in [-0.25, -0.2) is 0 Å². The van der Waals surface area contributed by atoms with Gasteiger partial charge < -0.3 is 10.5 Å². The number of nitrogens with two attached hydrogens (primary N) is 1. The summed E-state index contributed by atoms with van der Waals surface area (Å²) in [4.78, 5) is 0. The highest BCUT2D eigenvalue weighted by molar-refractivity contribution is 7.09. The van der Waals surface area contributed by atoms with Gasteiger partial charge in [0.25, 0.3) is 0 Å². The molecule has 0 bridgehead atoms. The van der Waals surface area contributed by atoms with Crippen LogP contribution in [0.4, 0.5) is 5.00 Å². The number of hydrogen-bond acceptors (Lipinski definition) is 5. The Hall–Kier alpha value is -1.33. The highest BCUT2D eigenvalue weighted by Gasteiger charge is 2.11. The first-order chi connectivity index (χ1) is 8.99. The Bertz CT molecular complexity index is 583. The average Bonchev–Trinajstić information content (AvgIpc) is 2.73. The molecule has 0 fully saturated rings. The van der Waals surface area contributed by atoms with E-state index in [1.807, 2.05) is 19.1 Å². The van der Waals surface area contributed by atoms with E-state index in [4.69, 9.17) is 22.1 Å². The van der Waals surface area contributed by atoms with Crippen molar-refractivity contribution in [1.29, 1.82) is 0 Å². The van der Waals surface area contributed by atoms with Crippen LogP contribution in [0.3, 0.4) is 0 Å². The first kappa shape index (κ1) is 14.1. The zero-order valence-corrected chi connectivity index (χ0v) is 12.7. The van der Waals surface area contributed by atoms with E-state index in [2.05, 4.69) is 23.4 Å². The van der Waals surface area contributed by atoms with Crippen LogP contribution in [0.25, 0.3) is 0 Å². The molecule has 1 aromatic heterocycles. The van der Waals surface area contributed by atoms with E-state index < -0.39 is 0 Å². The maximum Gasteiger partial charge on any atom is 0.136 e. The normalized spacial score (nSPS) is 11.0. The average molecular weight is 298 g/mol. The van der Waals surface area contributed by atoms with Crippen molar-refractivity contribution in [1.82, 2.24) is 9.59 Å². The van der Waals surface area contributed by atoms with Crippen molar-refractivity contribution in [2.45, 2.75) is 33.3 Å². The smallest absolute Gasteiger partial charge is 0.136 e. The molecule has 0 amide bonds. The van der Waals surface area contributed by atoms with E-state index in [0.717, 1.165) is 21.9 Å². The Balaban J connectivity index is 2.20. The van der Waals surface area contributed by atoms with Gasteiger partial charge in [0.05, 0.1) is 0 Å². The minimum absolute atomic E-state index is 0.322. The van der Waals surface area contributed by atoms with Gasteiger partial charge in [-0.1, -0.05) is 29.9 Å². The van der Waals surface area contributed by atoms with Crippen LogP contribution in [0, 0.1) is 6.92 Å². The van der Waals surface area contributed by atoms with Crippen molar-refractivity contribution in [2.24, 2.45) is 0 Å². The largest absolute Gasteiger partial charge is 0.487 e. The summed E-state index contributed by atoms with van der Waals surface area (Å²) < 4.78 is 9.56. The fourth-order valence-corrected chi connectivity index (χ4v) is 2.60. The van der Waals surface area contributed by atoms with Crippen LogP contribution in [-0.4, -0.2) is 9.59 Å². The molecule has 2 aromatic rings. The second kappa shape index (κ2) is 5.75. The molecule has 19 heavy (non-hydrogen) atoms. The Labute approximate surface area is 121 Å². The van der Waals surface area contributed by atoms with Crippen molar-refractivity contribution in [3.63, 3.8) is 0 Å². The Kier molecular flexibility index (Phi) is 4.27. The Morgan fingerprint density at radius 2 is 2.16 bits per heavy atom. The van der Waals surface area contributed by atoms with Crippen molar-refractivity contribution in [2.75, 3.05) is 5.73 Å². The van der Waals surface area contributed by atoms with Crippen molar-refractivity contribution in [3.8, 4) is 5.75 Å². The number of halogens is 1. The third-order valence-electron chi connectivity index (χ3n) is 2.87. The van der Waals surface area contributed by atoms with Gasteiger partial charge in [-0.2, -0.15) is 0 Å². The Morgan fingerprint density at radius 1 is 1.42 bits per heavy atom. The molecule has 102 valence electrons. The fourth-order valence-electron chi connectivity index (χ4n) is 1.73. The molecule has 0 saturated carbocycles. The number of nitrogen functional groups attached to an aromatic ring is 1. The van der Waals surface area contributed by atoms with E-state index in [0.29, 0.717) is 23.2 Å². The molecule has 0 saturated heterocycles. The SMILES string of the molecule is Cc1cc(Cl)c(C(C)C)cc1OCc1nnsc1N. The lowest BCUT2D eigenvalue weighted by Gasteiger charge is -2.14. The summed E-state index contributed by atoms with van der Waals surface area (Å²) in [5.41, 5.74) is 8.48. The number of hydrogen-bond donors (Lipinski definition) is 1. The minimum Gasteiger partial charge on any atom is -0.487 e. The molecule has 0 aliphatic rings. The molecule has 0 atom stereocenters. The number of aromatic nitrogens is 2. The second-order valence-electron chi connectivity index (χ2n) is 4.67. The summed E-state index contributed by atoms with van der Waals surface area (Å²) >= 11 is 7.39. The molecule has 2 rings (SSSR count). The maximum absolute atomic E-state index is 6.23. The molecule has 0 radical (unpaired) electrons. The van der Waals surface area contributed by atoms with E-state index in [1.54, 1.807) is 0 Å². The molecule has 0 spiro atoms. The molecule has 0 unspecified atom stereocenters. The lowest BCUT2D eigenvalue weighted by molar-refractivity contribution is 0.299. The monoisotopic (exact) mass is 297 g/mol. The number of benzene rings is 1. The number of nitrogens with zero attached hydrogens (tertiary/aromatic N) is 2. The molecule has 0 aliphatic carbocycles. The quantitative estimate of drug-likeness (QED) is 0.933. The van der Waals surface area contributed by atoms with Gasteiger partial charge in [0.1, 0.15) is 23.1 Å². The summed E-state index contributed by atoms with van der Waals surface area (Å²) in [5, 5.41) is 5.29. The van der Waals surface area contributed by atoms with Crippen LogP contribution < -0.4 is 10.5 Å². The minimum atomic E-state index is 0.322. The molecule has 4 nitrogen and oxygen atoms in total. The maximum atomic E-state index is 6.23. The summed E-state index contributed by atoms with van der Waals surface area (Å²) in [5.74, 6) is 1.15. The molecule has 0 aliphatic heterocycles. The van der Waals surface area contributed by atoms with Crippen molar-refractivity contribution in [3.05, 3.63) is 34.0 Å². The van der Waals surface area contributed by atoms with Crippen molar-refractivity contribution >= 4 is 28.1 Å². The summed E-state index contributed by atoms with van der Waals surface area (Å²) in [6, 6.07) is 3.91. The number of anilines is 1. The zero-order valence-electron chi connectivity index (χ0n) is 11.1. The van der Waals surface area contributed by atoms with Gasteiger partial charge in [0.2, 0.25) is 0 Å². The van der Waals surface area contributed by atoms with Crippen LogP contribution in [0.5, 0.6) is 5.75 Å². The van der Waals surface area contributed by atoms with Crippen molar-refractivity contribution < 1.29 is 4.74 Å². The lowest BCUT2D eigenvalue weighted by atomic mass is 10.0. The second-order valence-corrected chi connectivity index (χ2v) is 5.86. The molecule has 2 N–H and O–H groups in total. The van der Waals surface area contributed by atoms with Gasteiger partial charge in [0.15, 0.2) is 0 Å². The van der Waals surface area contributed by atoms with Crippen LogP contribution in [0.15, 0.2) is 12.1 Å². The van der Waals surface area contributed by atoms with Gasteiger partial charge in [-0.15, -0.1) is 5.10 Å². The molecule has 1 aromatic carbocycles. The molecular formula is C13H16ClN3OS. The van der Waals surface area contributed by atoms with E-state index in [1.165, 1.54) is 11.5 Å². The highest BCUT2D eigenvalue weighted by Crippen LogP contribution is 2.32. The van der Waals surface area contributed by atoms with Gasteiger partial charge in [-0.3, -0.25) is 0 Å². The molecule has 1 heterocycles. The topological polar surface area (TPSA) is 61.0 Å². The lowest BCUT2D eigenvalue weighted by Crippen LogP contribution is -2.01.